The summed E-state index contributed by atoms with van der Waals surface area (Å²) in [6.45, 7) is 11.6. The van der Waals surface area contributed by atoms with Crippen LogP contribution in [0, 0.1) is 5.92 Å². The molecule has 0 heterocycles. The number of Topliss-reactive ketones (excluding diaryl/α,β-unsaturated/α-hetero) is 1. The Kier molecular flexibility index (Phi) is 13.1. The van der Waals surface area contributed by atoms with Gasteiger partial charge in [-0.1, -0.05) is 20.8 Å². The van der Waals surface area contributed by atoms with E-state index < -0.39 is 11.9 Å². The molecule has 156 valence electrons. The first kappa shape index (κ1) is 25.0. The molecule has 8 heteroatoms. The van der Waals surface area contributed by atoms with E-state index in [9.17, 15) is 19.2 Å². The summed E-state index contributed by atoms with van der Waals surface area (Å²) in [5.41, 5.74) is 0. The number of carbonyl (C=O) groups excluding carboxylic acids is 4. The van der Waals surface area contributed by atoms with Crippen molar-refractivity contribution in [1.29, 1.82) is 0 Å². The quantitative estimate of drug-likeness (QED) is 0.281. The van der Waals surface area contributed by atoms with Gasteiger partial charge in [-0.05, 0) is 46.2 Å². The summed E-state index contributed by atoms with van der Waals surface area (Å²) in [4.78, 5) is 48.6. The molecular weight excluding hydrogens is 348 g/mol. The molecule has 8 nitrogen and oxygen atoms in total. The number of rotatable bonds is 15. The van der Waals surface area contributed by atoms with Crippen LogP contribution in [-0.4, -0.2) is 67.2 Å². The summed E-state index contributed by atoms with van der Waals surface area (Å²) < 4.78 is 0. The average Bonchev–Trinajstić information content (AvgIpc) is 2.62. The second-order valence-corrected chi connectivity index (χ2v) is 7.18. The van der Waals surface area contributed by atoms with Crippen LogP contribution in [-0.2, 0) is 19.2 Å². The van der Waals surface area contributed by atoms with Crippen molar-refractivity contribution in [3.63, 3.8) is 0 Å². The van der Waals surface area contributed by atoms with E-state index in [0.717, 1.165) is 25.9 Å². The molecule has 1 unspecified atom stereocenters. The number of hydrogen-bond donors (Lipinski definition) is 3. The van der Waals surface area contributed by atoms with Crippen molar-refractivity contribution >= 4 is 24.0 Å². The van der Waals surface area contributed by atoms with Gasteiger partial charge in [0.25, 0.3) is 0 Å². The molecule has 0 spiro atoms. The van der Waals surface area contributed by atoms with Crippen molar-refractivity contribution in [3.8, 4) is 0 Å². The largest absolute Gasteiger partial charge is 0.350 e. The molecule has 0 saturated heterocycles. The molecule has 0 aromatic carbocycles. The van der Waals surface area contributed by atoms with Gasteiger partial charge in [-0.25, -0.2) is 0 Å². The summed E-state index contributed by atoms with van der Waals surface area (Å²) in [6.07, 6.45) is 2.58. The smallest absolute Gasteiger partial charge is 0.242 e. The number of nitrogens with zero attached hydrogens (tertiary/aromatic N) is 1. The summed E-state index contributed by atoms with van der Waals surface area (Å²) in [5, 5.41) is 7.51. The Morgan fingerprint density at radius 1 is 1.04 bits per heavy atom. The summed E-state index contributed by atoms with van der Waals surface area (Å²) >= 11 is 0. The van der Waals surface area contributed by atoms with Crippen molar-refractivity contribution in [3.05, 3.63) is 0 Å². The fourth-order valence-electron chi connectivity index (χ4n) is 2.59. The van der Waals surface area contributed by atoms with E-state index in [1.807, 2.05) is 0 Å². The second kappa shape index (κ2) is 14.1. The van der Waals surface area contributed by atoms with Gasteiger partial charge < -0.3 is 20.9 Å². The highest BCUT2D eigenvalue weighted by Gasteiger charge is 2.21. The maximum Gasteiger partial charge on any atom is 0.242 e. The third-order valence-electron chi connectivity index (χ3n) is 4.40. The van der Waals surface area contributed by atoms with Crippen LogP contribution in [0.15, 0.2) is 0 Å². The van der Waals surface area contributed by atoms with Crippen molar-refractivity contribution in [1.82, 2.24) is 20.9 Å². The molecule has 1 atom stereocenters. The minimum absolute atomic E-state index is 0.0492. The van der Waals surface area contributed by atoms with Crippen molar-refractivity contribution in [2.24, 2.45) is 5.92 Å². The van der Waals surface area contributed by atoms with Gasteiger partial charge in [0.2, 0.25) is 18.2 Å². The van der Waals surface area contributed by atoms with Crippen LogP contribution in [0.4, 0.5) is 0 Å². The van der Waals surface area contributed by atoms with Gasteiger partial charge in [-0.3, -0.25) is 19.2 Å². The number of carbonyl (C=O) groups is 4. The van der Waals surface area contributed by atoms with Gasteiger partial charge in [0.15, 0.2) is 5.78 Å². The van der Waals surface area contributed by atoms with Crippen LogP contribution in [0.1, 0.15) is 53.9 Å². The molecule has 0 fully saturated rings. The minimum Gasteiger partial charge on any atom is -0.350 e. The third-order valence-corrected chi connectivity index (χ3v) is 4.40. The predicted molar refractivity (Wildman–Crippen MR) is 105 cm³/mol. The lowest BCUT2D eigenvalue weighted by atomic mass is 10.1. The van der Waals surface area contributed by atoms with Gasteiger partial charge >= 0.3 is 0 Å². The van der Waals surface area contributed by atoms with Crippen molar-refractivity contribution < 1.29 is 19.2 Å². The fourth-order valence-corrected chi connectivity index (χ4v) is 2.59. The number of unbranched alkanes of at least 4 members (excludes halogenated alkanes) is 1. The normalized spacial score (nSPS) is 12.1. The molecule has 0 aromatic rings. The molecular formula is C19H36N4O4. The fraction of sp³-hybridized carbons (Fsp3) is 0.789. The van der Waals surface area contributed by atoms with E-state index in [1.165, 1.54) is 0 Å². The van der Waals surface area contributed by atoms with Crippen LogP contribution in [0.3, 0.4) is 0 Å². The molecule has 0 aliphatic carbocycles. The van der Waals surface area contributed by atoms with Crippen LogP contribution in [0.2, 0.25) is 0 Å². The minimum atomic E-state index is -0.722. The highest BCUT2D eigenvalue weighted by molar-refractivity contribution is 5.92. The zero-order valence-corrected chi connectivity index (χ0v) is 17.3. The first-order chi connectivity index (χ1) is 12.7. The van der Waals surface area contributed by atoms with Gasteiger partial charge in [0.1, 0.15) is 6.04 Å². The maximum absolute atomic E-state index is 12.4. The van der Waals surface area contributed by atoms with Crippen LogP contribution >= 0.6 is 0 Å². The molecule has 3 N–H and O–H groups in total. The van der Waals surface area contributed by atoms with Gasteiger partial charge in [0.05, 0.1) is 13.1 Å². The first-order valence-corrected chi connectivity index (χ1v) is 9.73. The summed E-state index contributed by atoms with van der Waals surface area (Å²) in [5.74, 6) is -1.03. The molecule has 0 aromatic heterocycles. The molecule has 0 saturated carbocycles. The van der Waals surface area contributed by atoms with Crippen LogP contribution in [0.25, 0.3) is 0 Å². The SMILES string of the molecule is CCN(CCCCC(NC(=O)CNC=O)C(=O)NCC(=O)C(C)C)C(C)C. The van der Waals surface area contributed by atoms with Crippen LogP contribution in [0.5, 0.6) is 0 Å². The van der Waals surface area contributed by atoms with Crippen LogP contribution < -0.4 is 16.0 Å². The highest BCUT2D eigenvalue weighted by atomic mass is 16.2. The van der Waals surface area contributed by atoms with E-state index in [0.29, 0.717) is 18.9 Å². The topological polar surface area (TPSA) is 108 Å². The number of nitrogens with one attached hydrogen (secondary N) is 3. The highest BCUT2D eigenvalue weighted by Crippen LogP contribution is 2.06. The molecule has 0 radical (unpaired) electrons. The van der Waals surface area contributed by atoms with E-state index in [2.05, 4.69) is 41.6 Å². The Morgan fingerprint density at radius 2 is 1.70 bits per heavy atom. The zero-order chi connectivity index (χ0) is 20.8. The Balaban J connectivity index is 4.63. The monoisotopic (exact) mass is 384 g/mol. The Hall–Kier alpha value is -1.96. The lowest BCUT2D eigenvalue weighted by molar-refractivity contribution is -0.130. The number of ketones is 1. The molecule has 27 heavy (non-hydrogen) atoms. The third kappa shape index (κ3) is 11.4. The standard InChI is InChI=1S/C19H36N4O4/c1-6-23(15(4)5)10-8-7-9-16(22-18(26)12-20-13-24)19(27)21-11-17(25)14(2)3/h13-16H,6-12H2,1-5H3,(H,20,24)(H,21,27)(H,22,26). The first-order valence-electron chi connectivity index (χ1n) is 9.73. The van der Waals surface area contributed by atoms with Gasteiger partial charge in [-0.2, -0.15) is 0 Å². The lowest BCUT2D eigenvalue weighted by Crippen LogP contribution is -2.50. The van der Waals surface area contributed by atoms with Crippen molar-refractivity contribution in [2.75, 3.05) is 26.2 Å². The average molecular weight is 385 g/mol. The molecule has 3 amide bonds. The van der Waals surface area contributed by atoms with E-state index in [1.54, 1.807) is 13.8 Å². The molecule has 0 rings (SSSR count). The predicted octanol–water partition coefficient (Wildman–Crippen LogP) is 0.459. The number of hydrogen-bond acceptors (Lipinski definition) is 5. The van der Waals surface area contributed by atoms with E-state index >= 15 is 0 Å². The Morgan fingerprint density at radius 3 is 2.22 bits per heavy atom. The lowest BCUT2D eigenvalue weighted by Gasteiger charge is -2.25. The van der Waals surface area contributed by atoms with E-state index in [4.69, 9.17) is 0 Å². The Bertz CT molecular complexity index is 480. The number of amides is 3. The summed E-state index contributed by atoms with van der Waals surface area (Å²) in [6, 6.07) is -0.259. The zero-order valence-electron chi connectivity index (χ0n) is 17.3. The Labute approximate surface area is 162 Å². The van der Waals surface area contributed by atoms with Gasteiger partial charge in [-0.15, -0.1) is 0 Å². The second-order valence-electron chi connectivity index (χ2n) is 7.18. The maximum atomic E-state index is 12.4. The van der Waals surface area contributed by atoms with Gasteiger partial charge in [0, 0.05) is 12.0 Å². The van der Waals surface area contributed by atoms with Crippen molar-refractivity contribution in [2.45, 2.75) is 66.0 Å². The molecule has 0 aliphatic rings. The molecule has 0 aliphatic heterocycles. The molecule has 0 bridgehead atoms. The summed E-state index contributed by atoms with van der Waals surface area (Å²) in [7, 11) is 0. The van der Waals surface area contributed by atoms with E-state index in [-0.39, 0.29) is 30.7 Å².